The van der Waals surface area contributed by atoms with Gasteiger partial charge in [0.25, 0.3) is 10.0 Å². The molecule has 0 aliphatic carbocycles. The summed E-state index contributed by atoms with van der Waals surface area (Å²) in [6, 6.07) is 14.0. The fourth-order valence-electron chi connectivity index (χ4n) is 2.75. The van der Waals surface area contributed by atoms with Gasteiger partial charge in [-0.25, -0.2) is 8.42 Å². The highest BCUT2D eigenvalue weighted by molar-refractivity contribution is 7.92. The van der Waals surface area contributed by atoms with E-state index in [1.165, 1.54) is 4.31 Å². The maximum absolute atomic E-state index is 12.8. The number of alkyl halides is 1. The van der Waals surface area contributed by atoms with E-state index < -0.39 is 10.0 Å². The Morgan fingerprint density at radius 1 is 1.17 bits per heavy atom. The second-order valence-electron chi connectivity index (χ2n) is 5.51. The van der Waals surface area contributed by atoms with Crippen molar-refractivity contribution in [3.8, 4) is 0 Å². The fraction of sp³-hybridized carbons (Fsp3) is 0.235. The first-order valence-electron chi connectivity index (χ1n) is 7.54. The van der Waals surface area contributed by atoms with Gasteiger partial charge in [-0.2, -0.15) is 0 Å². The number of hydrogen-bond donors (Lipinski definition) is 1. The van der Waals surface area contributed by atoms with Crippen LogP contribution in [0.2, 0.25) is 0 Å². The summed E-state index contributed by atoms with van der Waals surface area (Å²) in [5, 5.41) is 2.70. The van der Waals surface area contributed by atoms with Crippen molar-refractivity contribution in [2.75, 3.05) is 16.7 Å². The Hall–Kier alpha value is -2.05. The average molecular weight is 365 g/mol. The molecule has 0 saturated heterocycles. The standard InChI is InChI=1S/C17H17ClN2O3S/c18-11-17(21)19-12-13-6-7-16-14(10-13)8-9-20(16)24(22,23)15-4-2-1-3-5-15/h1-7,10H,8-9,11-12H2,(H,19,21). The Morgan fingerprint density at radius 2 is 1.92 bits per heavy atom. The summed E-state index contributed by atoms with van der Waals surface area (Å²) in [7, 11) is -3.55. The van der Waals surface area contributed by atoms with Crippen LogP contribution in [-0.4, -0.2) is 26.7 Å². The molecule has 0 bridgehead atoms. The van der Waals surface area contributed by atoms with Crippen LogP contribution in [0.1, 0.15) is 11.1 Å². The third kappa shape index (κ3) is 3.25. The zero-order valence-corrected chi connectivity index (χ0v) is 14.5. The van der Waals surface area contributed by atoms with E-state index in [-0.39, 0.29) is 16.7 Å². The maximum Gasteiger partial charge on any atom is 0.264 e. The average Bonchev–Trinajstić information content (AvgIpc) is 3.04. The number of halogens is 1. The summed E-state index contributed by atoms with van der Waals surface area (Å²) >= 11 is 5.45. The summed E-state index contributed by atoms with van der Waals surface area (Å²) in [6.45, 7) is 0.800. The van der Waals surface area contributed by atoms with Crippen LogP contribution in [0.3, 0.4) is 0 Å². The van der Waals surface area contributed by atoms with Crippen molar-refractivity contribution in [2.45, 2.75) is 17.9 Å². The lowest BCUT2D eigenvalue weighted by atomic mass is 10.1. The van der Waals surface area contributed by atoms with Crippen molar-refractivity contribution < 1.29 is 13.2 Å². The lowest BCUT2D eigenvalue weighted by Gasteiger charge is -2.19. The third-order valence-electron chi connectivity index (χ3n) is 3.94. The first-order valence-corrected chi connectivity index (χ1v) is 9.52. The topological polar surface area (TPSA) is 66.5 Å². The van der Waals surface area contributed by atoms with Gasteiger partial charge in [-0.15, -0.1) is 11.6 Å². The van der Waals surface area contributed by atoms with E-state index in [9.17, 15) is 13.2 Å². The number of fused-ring (bicyclic) bond motifs is 1. The molecule has 2 aromatic carbocycles. The molecule has 0 spiro atoms. The van der Waals surface area contributed by atoms with Crippen molar-refractivity contribution in [1.29, 1.82) is 0 Å². The number of amides is 1. The van der Waals surface area contributed by atoms with E-state index in [4.69, 9.17) is 11.6 Å². The summed E-state index contributed by atoms with van der Waals surface area (Å²) < 4.78 is 27.0. The number of rotatable bonds is 5. The molecule has 3 rings (SSSR count). The molecule has 0 saturated carbocycles. The molecule has 126 valence electrons. The van der Waals surface area contributed by atoms with Gasteiger partial charge in [-0.05, 0) is 35.7 Å². The predicted molar refractivity (Wildman–Crippen MR) is 93.7 cm³/mol. The Kier molecular flexibility index (Phi) is 4.78. The molecule has 0 aromatic heterocycles. The second kappa shape index (κ2) is 6.83. The van der Waals surface area contributed by atoms with Gasteiger partial charge < -0.3 is 5.32 Å². The van der Waals surface area contributed by atoms with E-state index in [1.807, 2.05) is 12.1 Å². The summed E-state index contributed by atoms with van der Waals surface area (Å²) in [4.78, 5) is 11.5. The lowest BCUT2D eigenvalue weighted by molar-refractivity contribution is -0.118. The molecule has 5 nitrogen and oxygen atoms in total. The number of hydrogen-bond acceptors (Lipinski definition) is 3. The number of nitrogens with one attached hydrogen (secondary N) is 1. The molecule has 1 aliphatic rings. The SMILES string of the molecule is O=C(CCl)NCc1ccc2c(c1)CCN2S(=O)(=O)c1ccccc1. The normalized spacial score (nSPS) is 13.6. The van der Waals surface area contributed by atoms with Gasteiger partial charge in [-0.3, -0.25) is 9.10 Å². The molecule has 24 heavy (non-hydrogen) atoms. The predicted octanol–water partition coefficient (Wildman–Crippen LogP) is 2.29. The monoisotopic (exact) mass is 364 g/mol. The Bertz CT molecular complexity index is 853. The smallest absolute Gasteiger partial charge is 0.264 e. The number of anilines is 1. The minimum Gasteiger partial charge on any atom is -0.351 e. The highest BCUT2D eigenvalue weighted by atomic mass is 35.5. The number of carbonyl (C=O) groups excluding carboxylic acids is 1. The first kappa shape index (κ1) is 16.8. The third-order valence-corrected chi connectivity index (χ3v) is 6.01. The molecule has 0 unspecified atom stereocenters. The number of nitrogens with zero attached hydrogens (tertiary/aromatic N) is 1. The van der Waals surface area contributed by atoms with Crippen LogP contribution in [0.15, 0.2) is 53.4 Å². The Labute approximate surface area is 146 Å². The van der Waals surface area contributed by atoms with Crippen LogP contribution in [0.25, 0.3) is 0 Å². The second-order valence-corrected chi connectivity index (χ2v) is 7.64. The molecule has 2 aromatic rings. The number of sulfonamides is 1. The van der Waals surface area contributed by atoms with Crippen molar-refractivity contribution in [3.63, 3.8) is 0 Å². The van der Waals surface area contributed by atoms with Crippen LogP contribution in [0.4, 0.5) is 5.69 Å². The molecule has 0 atom stereocenters. The molecular formula is C17H17ClN2O3S. The van der Waals surface area contributed by atoms with Gasteiger partial charge in [0, 0.05) is 13.1 Å². The van der Waals surface area contributed by atoms with Crippen molar-refractivity contribution in [3.05, 3.63) is 59.7 Å². The van der Waals surface area contributed by atoms with Crippen LogP contribution in [-0.2, 0) is 27.8 Å². The Balaban J connectivity index is 1.84. The fourth-order valence-corrected chi connectivity index (χ4v) is 4.37. The van der Waals surface area contributed by atoms with Crippen LogP contribution >= 0.6 is 11.6 Å². The van der Waals surface area contributed by atoms with Crippen LogP contribution < -0.4 is 9.62 Å². The lowest BCUT2D eigenvalue weighted by Crippen LogP contribution is -2.29. The molecular weight excluding hydrogens is 348 g/mol. The summed E-state index contributed by atoms with van der Waals surface area (Å²) in [5.41, 5.74) is 2.59. The maximum atomic E-state index is 12.8. The molecule has 1 aliphatic heterocycles. The molecule has 1 heterocycles. The first-order chi connectivity index (χ1) is 11.5. The van der Waals surface area contributed by atoms with Gasteiger partial charge in [0.15, 0.2) is 0 Å². The van der Waals surface area contributed by atoms with E-state index in [0.717, 1.165) is 11.1 Å². The minimum atomic E-state index is -3.55. The van der Waals surface area contributed by atoms with Crippen LogP contribution in [0.5, 0.6) is 0 Å². The van der Waals surface area contributed by atoms with E-state index in [2.05, 4.69) is 5.32 Å². The van der Waals surface area contributed by atoms with Gasteiger partial charge in [0.05, 0.1) is 10.6 Å². The number of carbonyl (C=O) groups is 1. The zero-order valence-electron chi connectivity index (χ0n) is 12.9. The molecule has 1 amide bonds. The minimum absolute atomic E-state index is 0.0754. The summed E-state index contributed by atoms with van der Waals surface area (Å²) in [6.07, 6.45) is 0.651. The van der Waals surface area contributed by atoms with E-state index in [0.29, 0.717) is 25.2 Å². The molecule has 0 fully saturated rings. The molecule has 0 radical (unpaired) electrons. The summed E-state index contributed by atoms with van der Waals surface area (Å²) in [5.74, 6) is -0.306. The van der Waals surface area contributed by atoms with Gasteiger partial charge >= 0.3 is 0 Å². The van der Waals surface area contributed by atoms with E-state index >= 15 is 0 Å². The quantitative estimate of drug-likeness (QED) is 0.828. The van der Waals surface area contributed by atoms with Gasteiger partial charge in [0.1, 0.15) is 5.88 Å². The largest absolute Gasteiger partial charge is 0.351 e. The van der Waals surface area contributed by atoms with Crippen molar-refractivity contribution >= 4 is 33.2 Å². The zero-order chi connectivity index (χ0) is 17.2. The molecule has 1 N–H and O–H groups in total. The van der Waals surface area contributed by atoms with Gasteiger partial charge in [-0.1, -0.05) is 30.3 Å². The van der Waals surface area contributed by atoms with Crippen LogP contribution in [0, 0.1) is 0 Å². The van der Waals surface area contributed by atoms with Gasteiger partial charge in [0.2, 0.25) is 5.91 Å². The van der Waals surface area contributed by atoms with E-state index in [1.54, 1.807) is 36.4 Å². The highest BCUT2D eigenvalue weighted by Crippen LogP contribution is 2.33. The van der Waals surface area contributed by atoms with Crippen molar-refractivity contribution in [1.82, 2.24) is 5.32 Å². The Morgan fingerprint density at radius 3 is 2.62 bits per heavy atom. The number of benzene rings is 2. The highest BCUT2D eigenvalue weighted by Gasteiger charge is 2.30. The molecule has 7 heteroatoms. The van der Waals surface area contributed by atoms with Crippen molar-refractivity contribution in [2.24, 2.45) is 0 Å².